The molecule has 34 heavy (non-hydrogen) atoms. The summed E-state index contributed by atoms with van der Waals surface area (Å²) in [6.07, 6.45) is 1.66. The van der Waals surface area contributed by atoms with E-state index in [1.54, 1.807) is 13.2 Å². The molecule has 5 atom stereocenters. The molecular weight excluding hydrogens is 464 g/mol. The normalized spacial score (nSPS) is 31.3. The van der Waals surface area contributed by atoms with Gasteiger partial charge in [0.1, 0.15) is 5.76 Å². The first-order valence-electron chi connectivity index (χ1n) is 11.4. The van der Waals surface area contributed by atoms with Crippen molar-refractivity contribution in [3.63, 3.8) is 0 Å². The van der Waals surface area contributed by atoms with E-state index in [1.807, 2.05) is 19.2 Å². The number of carbonyl (C=O) groups is 2. The zero-order valence-electron chi connectivity index (χ0n) is 19.5. The second-order valence-electron chi connectivity index (χ2n) is 9.38. The number of benzene rings is 1. The number of hydrogen-bond donors (Lipinski definition) is 2. The van der Waals surface area contributed by atoms with Crippen LogP contribution >= 0.6 is 12.4 Å². The van der Waals surface area contributed by atoms with Gasteiger partial charge in [-0.25, -0.2) is 4.79 Å². The fraction of sp³-hybridized carbons (Fsp3) is 0.583. The van der Waals surface area contributed by atoms with Crippen molar-refractivity contribution in [3.8, 4) is 11.5 Å². The summed E-state index contributed by atoms with van der Waals surface area (Å²) in [5, 5.41) is 12.2. The van der Waals surface area contributed by atoms with Crippen molar-refractivity contribution in [2.75, 3.05) is 27.2 Å². The third kappa shape index (κ3) is 3.25. The molecule has 1 fully saturated rings. The van der Waals surface area contributed by atoms with Crippen LogP contribution in [-0.4, -0.2) is 73.0 Å². The molecule has 0 amide bonds. The molecule has 3 N–H and O–H groups in total. The lowest BCUT2D eigenvalue weighted by atomic mass is 9.50. The first-order chi connectivity index (χ1) is 15.8. The third-order valence-corrected chi connectivity index (χ3v) is 7.77. The number of esters is 2. The third-order valence-electron chi connectivity index (χ3n) is 7.77. The van der Waals surface area contributed by atoms with Gasteiger partial charge >= 0.3 is 11.9 Å². The second-order valence-corrected chi connectivity index (χ2v) is 9.38. The summed E-state index contributed by atoms with van der Waals surface area (Å²) in [5.74, 6) is 0.276. The van der Waals surface area contributed by atoms with E-state index in [2.05, 4.69) is 4.90 Å². The SMILES string of the molecule is COc1ccc2c3c1O[C@H]1C(OC(=O)[C@H](C)OC(=O)CCN)=CC[C@]4(O)C(C2)N(C)CC[C@]314.Cl. The number of carbonyl (C=O) groups excluding carboxylic acids is 2. The van der Waals surface area contributed by atoms with E-state index in [0.29, 0.717) is 36.5 Å². The summed E-state index contributed by atoms with van der Waals surface area (Å²) in [5.41, 5.74) is 5.61. The van der Waals surface area contributed by atoms with E-state index >= 15 is 0 Å². The van der Waals surface area contributed by atoms with Crippen LogP contribution in [0.5, 0.6) is 11.5 Å². The van der Waals surface area contributed by atoms with Crippen LogP contribution in [0, 0.1) is 0 Å². The molecule has 1 unspecified atom stereocenters. The molecule has 186 valence electrons. The smallest absolute Gasteiger partial charge is 0.352 e. The Balaban J connectivity index is 0.00000274. The Morgan fingerprint density at radius 1 is 1.38 bits per heavy atom. The Kier molecular flexibility index (Phi) is 6.35. The van der Waals surface area contributed by atoms with Crippen molar-refractivity contribution in [3.05, 3.63) is 35.1 Å². The monoisotopic (exact) mass is 494 g/mol. The number of halogens is 1. The molecule has 1 aromatic carbocycles. The Bertz CT molecular complexity index is 1050. The maximum atomic E-state index is 12.8. The fourth-order valence-electron chi connectivity index (χ4n) is 6.21. The van der Waals surface area contributed by atoms with Gasteiger partial charge in [0.15, 0.2) is 23.7 Å². The molecule has 1 saturated heterocycles. The Morgan fingerprint density at radius 3 is 2.85 bits per heavy atom. The molecule has 2 heterocycles. The van der Waals surface area contributed by atoms with Crippen LogP contribution in [0.4, 0.5) is 0 Å². The molecule has 2 bridgehead atoms. The summed E-state index contributed by atoms with van der Waals surface area (Å²) in [6, 6.07) is 3.84. The molecule has 1 aromatic rings. The lowest BCUT2D eigenvalue weighted by Gasteiger charge is -2.61. The van der Waals surface area contributed by atoms with Crippen molar-refractivity contribution in [1.29, 1.82) is 0 Å². The van der Waals surface area contributed by atoms with Gasteiger partial charge in [-0.3, -0.25) is 4.79 Å². The molecule has 10 heteroatoms. The minimum atomic E-state index is -1.09. The first-order valence-corrected chi connectivity index (χ1v) is 11.4. The average molecular weight is 495 g/mol. The van der Waals surface area contributed by atoms with Gasteiger partial charge < -0.3 is 34.7 Å². The molecule has 2 aliphatic heterocycles. The van der Waals surface area contributed by atoms with Crippen LogP contribution in [0.25, 0.3) is 0 Å². The molecular formula is C24H31ClN2O7. The highest BCUT2D eigenvalue weighted by molar-refractivity contribution is 5.85. The number of hydrogen-bond acceptors (Lipinski definition) is 9. The van der Waals surface area contributed by atoms with Crippen molar-refractivity contribution < 1.29 is 33.6 Å². The Labute approximate surface area is 204 Å². The van der Waals surface area contributed by atoms with Gasteiger partial charge in [-0.05, 0) is 51.1 Å². The minimum absolute atomic E-state index is 0. The summed E-state index contributed by atoms with van der Waals surface area (Å²) in [4.78, 5) is 26.7. The molecule has 0 aromatic heterocycles. The number of ether oxygens (including phenoxy) is 4. The number of nitrogens with two attached hydrogens (primary N) is 1. The van der Waals surface area contributed by atoms with Crippen molar-refractivity contribution in [2.24, 2.45) is 5.73 Å². The minimum Gasteiger partial charge on any atom is -0.493 e. The number of methoxy groups -OCH3 is 1. The Morgan fingerprint density at radius 2 is 2.15 bits per heavy atom. The van der Waals surface area contributed by atoms with Crippen molar-refractivity contribution >= 4 is 24.3 Å². The van der Waals surface area contributed by atoms with Gasteiger partial charge in [-0.2, -0.15) is 0 Å². The molecule has 5 rings (SSSR count). The van der Waals surface area contributed by atoms with Gasteiger partial charge in [0.2, 0.25) is 0 Å². The number of likely N-dealkylation sites (N-methyl/N-ethyl adjacent to an activating group) is 1. The molecule has 0 saturated carbocycles. The van der Waals surface area contributed by atoms with Gasteiger partial charge in [0.25, 0.3) is 0 Å². The van der Waals surface area contributed by atoms with E-state index in [4.69, 9.17) is 24.7 Å². The number of likely N-dealkylation sites (tertiary alicyclic amines) is 1. The summed E-state index contributed by atoms with van der Waals surface area (Å²) >= 11 is 0. The molecule has 0 radical (unpaired) electrons. The second kappa shape index (κ2) is 8.71. The van der Waals surface area contributed by atoms with Crippen molar-refractivity contribution in [1.82, 2.24) is 4.90 Å². The number of piperidine rings is 1. The summed E-state index contributed by atoms with van der Waals surface area (Å²) in [6.45, 7) is 2.38. The van der Waals surface area contributed by atoms with Crippen molar-refractivity contribution in [2.45, 2.75) is 61.9 Å². The highest BCUT2D eigenvalue weighted by atomic mass is 35.5. The zero-order valence-corrected chi connectivity index (χ0v) is 20.4. The lowest BCUT2D eigenvalue weighted by molar-refractivity contribution is -0.175. The lowest BCUT2D eigenvalue weighted by Crippen LogP contribution is -2.74. The largest absolute Gasteiger partial charge is 0.493 e. The van der Waals surface area contributed by atoms with Crippen LogP contribution in [-0.2, 0) is 30.9 Å². The first kappa shape index (κ1) is 24.8. The van der Waals surface area contributed by atoms with E-state index in [9.17, 15) is 14.7 Å². The number of aliphatic hydroxyl groups is 1. The van der Waals surface area contributed by atoms with Crippen LogP contribution in [0.1, 0.15) is 37.3 Å². The van der Waals surface area contributed by atoms with E-state index in [-0.39, 0.29) is 31.4 Å². The average Bonchev–Trinajstić information content (AvgIpc) is 3.13. The van der Waals surface area contributed by atoms with Crippen LogP contribution in [0.15, 0.2) is 24.0 Å². The van der Waals surface area contributed by atoms with Crippen LogP contribution in [0.3, 0.4) is 0 Å². The van der Waals surface area contributed by atoms with Gasteiger partial charge in [0.05, 0.1) is 24.5 Å². The van der Waals surface area contributed by atoms with E-state index in [1.165, 1.54) is 6.92 Å². The number of nitrogens with zero attached hydrogens (tertiary/aromatic N) is 1. The molecule has 1 spiro atoms. The summed E-state index contributed by atoms with van der Waals surface area (Å²) in [7, 11) is 3.62. The summed E-state index contributed by atoms with van der Waals surface area (Å²) < 4.78 is 22.9. The topological polar surface area (TPSA) is 121 Å². The maximum Gasteiger partial charge on any atom is 0.352 e. The van der Waals surface area contributed by atoms with E-state index in [0.717, 1.165) is 17.7 Å². The predicted molar refractivity (Wildman–Crippen MR) is 124 cm³/mol. The van der Waals surface area contributed by atoms with Gasteiger partial charge in [-0.1, -0.05) is 6.07 Å². The zero-order chi connectivity index (χ0) is 23.5. The molecule has 4 aliphatic rings. The standard InChI is InChI=1S/C24H30N2O7.ClH/c1-13(31-18(27)7-10-25)22(28)32-16-6-8-24(29)17-12-14-4-5-15(30-3)20-19(14)23(24,21(16)33-20)9-11-26(17)2;/h4-6,13,17,21,29H,7-12,25H2,1-3H3;1H/t13-,17?,21-,23-,24-;/m0./s1. The predicted octanol–water partition coefficient (Wildman–Crippen LogP) is 1.22. The van der Waals surface area contributed by atoms with Gasteiger partial charge in [0, 0.05) is 24.6 Å². The highest BCUT2D eigenvalue weighted by Crippen LogP contribution is 2.65. The fourth-order valence-corrected chi connectivity index (χ4v) is 6.21. The quantitative estimate of drug-likeness (QED) is 0.562. The van der Waals surface area contributed by atoms with Crippen LogP contribution in [0.2, 0.25) is 0 Å². The maximum absolute atomic E-state index is 12.8. The number of rotatable bonds is 6. The molecule has 2 aliphatic carbocycles. The highest BCUT2D eigenvalue weighted by Gasteiger charge is 2.72. The van der Waals surface area contributed by atoms with E-state index < -0.39 is 35.2 Å². The van der Waals surface area contributed by atoms with Gasteiger partial charge in [-0.15, -0.1) is 12.4 Å². The molecule has 9 nitrogen and oxygen atoms in total. The Hall–Kier alpha value is -2.33. The van der Waals surface area contributed by atoms with Crippen LogP contribution < -0.4 is 15.2 Å².